The van der Waals surface area contributed by atoms with Crippen LogP contribution in [-0.4, -0.2) is 79.0 Å². The average Bonchev–Trinajstić information content (AvgIpc) is 2.69. The number of piperazine rings is 1. The lowest BCUT2D eigenvalue weighted by Gasteiger charge is -2.36. The van der Waals surface area contributed by atoms with Crippen LogP contribution in [0.15, 0.2) is 24.3 Å². The third-order valence-electron chi connectivity index (χ3n) is 4.89. The fraction of sp³-hybridized carbons (Fsp3) is 0.579. The topological polar surface area (TPSA) is 61.9 Å². The first kappa shape index (κ1) is 21.9. The van der Waals surface area contributed by atoms with Gasteiger partial charge in [-0.3, -0.25) is 9.59 Å². The predicted octanol–water partition coefficient (Wildman–Crippen LogP) is 1.43. The minimum absolute atomic E-state index is 0. The second kappa shape index (κ2) is 10.8. The Hall–Kier alpha value is -1.44. The second-order valence-electron chi connectivity index (χ2n) is 6.72. The summed E-state index contributed by atoms with van der Waals surface area (Å²) in [6, 6.07) is 7.89. The summed E-state index contributed by atoms with van der Waals surface area (Å²) in [6.45, 7) is 3.46. The van der Waals surface area contributed by atoms with E-state index in [4.69, 9.17) is 4.74 Å². The van der Waals surface area contributed by atoms with Gasteiger partial charge in [0.15, 0.2) is 0 Å². The monoisotopic (exact) mass is 413 g/mol. The zero-order chi connectivity index (χ0) is 18.4. The Kier molecular flexibility index (Phi) is 8.73. The number of amides is 2. The molecule has 0 bridgehead atoms. The van der Waals surface area contributed by atoms with Crippen LogP contribution in [0.4, 0.5) is 0 Å². The van der Waals surface area contributed by atoms with E-state index in [0.29, 0.717) is 39.0 Å². The Morgan fingerprint density at radius 1 is 1.19 bits per heavy atom. The van der Waals surface area contributed by atoms with Gasteiger partial charge in [0, 0.05) is 56.7 Å². The summed E-state index contributed by atoms with van der Waals surface area (Å²) in [4.78, 5) is 28.8. The summed E-state index contributed by atoms with van der Waals surface area (Å²) in [5.74, 6) is 3.20. The van der Waals surface area contributed by atoms with E-state index in [1.54, 1.807) is 7.11 Å². The van der Waals surface area contributed by atoms with Crippen LogP contribution >= 0.6 is 24.2 Å². The summed E-state index contributed by atoms with van der Waals surface area (Å²) in [5, 5.41) is 3.41. The number of nitrogens with zero attached hydrogens (tertiary/aromatic N) is 2. The van der Waals surface area contributed by atoms with Gasteiger partial charge in [0.1, 0.15) is 5.75 Å². The van der Waals surface area contributed by atoms with Gasteiger partial charge in [0.05, 0.1) is 13.5 Å². The van der Waals surface area contributed by atoms with Crippen molar-refractivity contribution in [1.82, 2.24) is 15.1 Å². The van der Waals surface area contributed by atoms with E-state index in [2.05, 4.69) is 5.32 Å². The highest BCUT2D eigenvalue weighted by Crippen LogP contribution is 2.15. The third kappa shape index (κ3) is 6.30. The van der Waals surface area contributed by atoms with Gasteiger partial charge < -0.3 is 19.9 Å². The van der Waals surface area contributed by atoms with Crippen molar-refractivity contribution in [3.63, 3.8) is 0 Å². The van der Waals surface area contributed by atoms with Gasteiger partial charge in [0.2, 0.25) is 11.8 Å². The SMILES string of the molecule is COc1cccc(CC(=O)N2CCN(C(=O)CC3CSCCN3)CC2)c1.Cl. The fourth-order valence-electron chi connectivity index (χ4n) is 3.36. The first-order valence-corrected chi connectivity index (χ1v) is 10.3. The molecule has 0 saturated carbocycles. The van der Waals surface area contributed by atoms with E-state index in [-0.39, 0.29) is 30.3 Å². The van der Waals surface area contributed by atoms with Crippen LogP contribution in [-0.2, 0) is 16.0 Å². The summed E-state index contributed by atoms with van der Waals surface area (Å²) in [6.07, 6.45) is 0.930. The number of methoxy groups -OCH3 is 1. The molecule has 1 aromatic carbocycles. The van der Waals surface area contributed by atoms with Crippen molar-refractivity contribution in [2.75, 3.05) is 51.3 Å². The molecule has 2 aliphatic heterocycles. The minimum atomic E-state index is 0. The third-order valence-corrected chi connectivity index (χ3v) is 6.02. The van der Waals surface area contributed by atoms with Gasteiger partial charge in [-0.2, -0.15) is 11.8 Å². The molecule has 2 fully saturated rings. The lowest BCUT2D eigenvalue weighted by atomic mass is 10.1. The first-order valence-electron chi connectivity index (χ1n) is 9.15. The van der Waals surface area contributed by atoms with Crippen molar-refractivity contribution in [3.05, 3.63) is 29.8 Å². The van der Waals surface area contributed by atoms with Crippen LogP contribution in [0.25, 0.3) is 0 Å². The van der Waals surface area contributed by atoms with Crippen molar-refractivity contribution in [3.8, 4) is 5.75 Å². The Morgan fingerprint density at radius 3 is 2.52 bits per heavy atom. The maximum atomic E-state index is 12.5. The van der Waals surface area contributed by atoms with Crippen molar-refractivity contribution in [1.29, 1.82) is 0 Å². The normalized spacial score (nSPS) is 20.0. The number of ether oxygens (including phenoxy) is 1. The van der Waals surface area contributed by atoms with Gasteiger partial charge >= 0.3 is 0 Å². The molecular formula is C19H28ClN3O3S. The fourth-order valence-corrected chi connectivity index (χ4v) is 4.31. The van der Waals surface area contributed by atoms with E-state index < -0.39 is 0 Å². The molecule has 0 radical (unpaired) electrons. The van der Waals surface area contributed by atoms with E-state index in [1.165, 1.54) is 0 Å². The van der Waals surface area contributed by atoms with Gasteiger partial charge in [-0.1, -0.05) is 12.1 Å². The average molecular weight is 414 g/mol. The molecule has 1 N–H and O–H groups in total. The van der Waals surface area contributed by atoms with E-state index in [9.17, 15) is 9.59 Å². The highest BCUT2D eigenvalue weighted by atomic mass is 35.5. The minimum Gasteiger partial charge on any atom is -0.497 e. The summed E-state index contributed by atoms with van der Waals surface area (Å²) >= 11 is 1.90. The molecule has 2 amide bonds. The van der Waals surface area contributed by atoms with E-state index in [1.807, 2.05) is 45.8 Å². The van der Waals surface area contributed by atoms with Crippen LogP contribution in [0, 0.1) is 0 Å². The molecule has 0 aromatic heterocycles. The zero-order valence-corrected chi connectivity index (χ0v) is 17.3. The van der Waals surface area contributed by atoms with E-state index >= 15 is 0 Å². The molecule has 150 valence electrons. The highest BCUT2D eigenvalue weighted by molar-refractivity contribution is 7.99. The quantitative estimate of drug-likeness (QED) is 0.791. The second-order valence-corrected chi connectivity index (χ2v) is 7.87. The van der Waals surface area contributed by atoms with E-state index in [0.717, 1.165) is 29.4 Å². The number of halogens is 1. The van der Waals surface area contributed by atoms with Gasteiger partial charge in [-0.15, -0.1) is 12.4 Å². The van der Waals surface area contributed by atoms with Crippen molar-refractivity contribution >= 4 is 36.0 Å². The summed E-state index contributed by atoms with van der Waals surface area (Å²) in [7, 11) is 1.62. The van der Waals surface area contributed by atoms with Crippen LogP contribution in [0.5, 0.6) is 5.75 Å². The molecule has 27 heavy (non-hydrogen) atoms. The highest BCUT2D eigenvalue weighted by Gasteiger charge is 2.26. The van der Waals surface area contributed by atoms with Crippen LogP contribution < -0.4 is 10.1 Å². The molecule has 1 unspecified atom stereocenters. The molecule has 0 spiro atoms. The Morgan fingerprint density at radius 2 is 1.89 bits per heavy atom. The Labute approximate surface area is 171 Å². The lowest BCUT2D eigenvalue weighted by molar-refractivity contribution is -0.139. The number of rotatable bonds is 5. The zero-order valence-electron chi connectivity index (χ0n) is 15.7. The van der Waals surface area contributed by atoms with Crippen molar-refractivity contribution < 1.29 is 14.3 Å². The summed E-state index contributed by atoms with van der Waals surface area (Å²) < 4.78 is 5.21. The lowest BCUT2D eigenvalue weighted by Crippen LogP contribution is -2.52. The number of carbonyl (C=O) groups excluding carboxylic acids is 2. The molecule has 1 atom stereocenters. The molecule has 8 heteroatoms. The molecule has 1 aromatic rings. The number of thioether (sulfide) groups is 1. The van der Waals surface area contributed by atoms with Gasteiger partial charge in [-0.25, -0.2) is 0 Å². The first-order chi connectivity index (χ1) is 12.7. The smallest absolute Gasteiger partial charge is 0.227 e. The molecule has 0 aliphatic carbocycles. The largest absolute Gasteiger partial charge is 0.497 e. The maximum Gasteiger partial charge on any atom is 0.227 e. The molecule has 2 aliphatic rings. The molecule has 2 heterocycles. The van der Waals surface area contributed by atoms with Crippen molar-refractivity contribution in [2.24, 2.45) is 0 Å². The molecule has 6 nitrogen and oxygen atoms in total. The number of carbonyl (C=O) groups is 2. The van der Waals surface area contributed by atoms with Crippen LogP contribution in [0.1, 0.15) is 12.0 Å². The van der Waals surface area contributed by atoms with Crippen molar-refractivity contribution in [2.45, 2.75) is 18.9 Å². The number of hydrogen-bond acceptors (Lipinski definition) is 5. The standard InChI is InChI=1S/C19H27N3O3S.ClH/c1-25-17-4-2-3-15(11-17)12-18(23)21-6-8-22(9-7-21)19(24)13-16-14-26-10-5-20-16;/h2-4,11,16,20H,5-10,12-14H2,1H3;1H. The number of nitrogens with one attached hydrogen (secondary N) is 1. The number of hydrogen-bond donors (Lipinski definition) is 1. The Bertz CT molecular complexity index is 632. The predicted molar refractivity (Wildman–Crippen MR) is 111 cm³/mol. The van der Waals surface area contributed by atoms with Gasteiger partial charge in [0.25, 0.3) is 0 Å². The van der Waals surface area contributed by atoms with Crippen LogP contribution in [0.3, 0.4) is 0 Å². The van der Waals surface area contributed by atoms with Crippen LogP contribution in [0.2, 0.25) is 0 Å². The van der Waals surface area contributed by atoms with Gasteiger partial charge in [-0.05, 0) is 17.7 Å². The molecular weight excluding hydrogens is 386 g/mol. The summed E-state index contributed by atoms with van der Waals surface area (Å²) in [5.41, 5.74) is 0.953. The molecule has 2 saturated heterocycles. The maximum absolute atomic E-state index is 12.5. The Balaban J connectivity index is 0.00000261. The molecule has 3 rings (SSSR count). The number of benzene rings is 1.